The van der Waals surface area contributed by atoms with E-state index in [-0.39, 0.29) is 5.92 Å². The first kappa shape index (κ1) is 12.6. The molecule has 0 aliphatic carbocycles. The number of ether oxygens (including phenoxy) is 1. The minimum Gasteiger partial charge on any atom is -0.481 e. The first-order valence-corrected chi connectivity index (χ1v) is 6.14. The summed E-state index contributed by atoms with van der Waals surface area (Å²) in [4.78, 5) is 21.4. The first-order valence-electron chi connectivity index (χ1n) is 6.14. The van der Waals surface area contributed by atoms with Gasteiger partial charge in [-0.1, -0.05) is 0 Å². The zero-order valence-electron chi connectivity index (χ0n) is 10.4. The Hall–Kier alpha value is -1.85. The van der Waals surface area contributed by atoms with Crippen LogP contribution in [0, 0.1) is 5.92 Å². The molecule has 1 aromatic heterocycles. The van der Waals surface area contributed by atoms with Crippen LogP contribution < -0.4 is 9.64 Å². The van der Waals surface area contributed by atoms with Crippen molar-refractivity contribution < 1.29 is 14.6 Å². The number of carbonyl (C=O) groups is 1. The molecule has 0 unspecified atom stereocenters. The van der Waals surface area contributed by atoms with Gasteiger partial charge in [0, 0.05) is 25.4 Å². The summed E-state index contributed by atoms with van der Waals surface area (Å²) in [5.74, 6) is -0.00869. The second kappa shape index (κ2) is 5.66. The molecule has 2 rings (SSSR count). The van der Waals surface area contributed by atoms with Crippen molar-refractivity contribution in [3.8, 4) is 5.88 Å². The van der Waals surface area contributed by atoms with E-state index >= 15 is 0 Å². The predicted molar refractivity (Wildman–Crippen MR) is 65.8 cm³/mol. The van der Waals surface area contributed by atoms with Crippen molar-refractivity contribution in [3.05, 3.63) is 12.3 Å². The van der Waals surface area contributed by atoms with Gasteiger partial charge in [-0.25, -0.2) is 4.98 Å². The van der Waals surface area contributed by atoms with Gasteiger partial charge in [-0.05, 0) is 19.8 Å². The summed E-state index contributed by atoms with van der Waals surface area (Å²) in [6, 6.07) is 1.70. The summed E-state index contributed by atoms with van der Waals surface area (Å²) in [7, 11) is 0. The number of rotatable bonds is 4. The highest BCUT2D eigenvalue weighted by Gasteiger charge is 2.26. The van der Waals surface area contributed by atoms with Crippen molar-refractivity contribution in [2.24, 2.45) is 5.92 Å². The van der Waals surface area contributed by atoms with E-state index in [1.54, 1.807) is 12.3 Å². The molecule has 1 fully saturated rings. The molecule has 1 aliphatic rings. The maximum Gasteiger partial charge on any atom is 0.308 e. The van der Waals surface area contributed by atoms with Gasteiger partial charge in [0.25, 0.3) is 0 Å². The van der Waals surface area contributed by atoms with Gasteiger partial charge in [-0.3, -0.25) is 4.79 Å². The number of carboxylic acid groups (broad SMARTS) is 1. The van der Waals surface area contributed by atoms with Crippen LogP contribution in [0.2, 0.25) is 0 Å². The summed E-state index contributed by atoms with van der Waals surface area (Å²) in [6.45, 7) is 3.70. The van der Waals surface area contributed by atoms with Gasteiger partial charge < -0.3 is 14.7 Å². The van der Waals surface area contributed by atoms with Crippen molar-refractivity contribution in [1.29, 1.82) is 0 Å². The number of aromatic nitrogens is 2. The third-order valence-corrected chi connectivity index (χ3v) is 2.96. The van der Waals surface area contributed by atoms with Crippen LogP contribution in [0.3, 0.4) is 0 Å². The minimum absolute atomic E-state index is 0.335. The number of nitrogens with zero attached hydrogens (tertiary/aromatic N) is 3. The molecule has 1 aromatic rings. The van der Waals surface area contributed by atoms with Crippen LogP contribution in [0.4, 0.5) is 5.95 Å². The van der Waals surface area contributed by atoms with Gasteiger partial charge in [0.05, 0.1) is 12.5 Å². The van der Waals surface area contributed by atoms with Gasteiger partial charge in [0.15, 0.2) is 0 Å². The number of hydrogen-bond acceptors (Lipinski definition) is 5. The summed E-state index contributed by atoms with van der Waals surface area (Å²) in [5, 5.41) is 9.05. The number of carboxylic acids is 1. The fourth-order valence-corrected chi connectivity index (χ4v) is 2.07. The molecule has 0 saturated carbocycles. The summed E-state index contributed by atoms with van der Waals surface area (Å²) in [5.41, 5.74) is 0. The molecule has 2 heterocycles. The third kappa shape index (κ3) is 2.88. The van der Waals surface area contributed by atoms with Gasteiger partial charge in [-0.15, -0.1) is 0 Å². The van der Waals surface area contributed by atoms with Gasteiger partial charge in [0.2, 0.25) is 11.8 Å². The Kier molecular flexibility index (Phi) is 3.96. The van der Waals surface area contributed by atoms with Crippen molar-refractivity contribution in [3.63, 3.8) is 0 Å². The second-order valence-corrected chi connectivity index (χ2v) is 4.25. The highest BCUT2D eigenvalue weighted by Crippen LogP contribution is 2.21. The summed E-state index contributed by atoms with van der Waals surface area (Å²) in [6.07, 6.45) is 3.20. The van der Waals surface area contributed by atoms with E-state index in [9.17, 15) is 4.79 Å². The van der Waals surface area contributed by atoms with Crippen LogP contribution in [0.1, 0.15) is 19.8 Å². The van der Waals surface area contributed by atoms with E-state index in [0.29, 0.717) is 25.0 Å². The SMILES string of the molecule is CCOc1ccnc(N2CCC[C@@H](C(=O)O)C2)n1. The Morgan fingerprint density at radius 3 is 3.22 bits per heavy atom. The van der Waals surface area contributed by atoms with E-state index < -0.39 is 5.97 Å². The number of hydrogen-bond donors (Lipinski definition) is 1. The maximum atomic E-state index is 11.0. The smallest absolute Gasteiger partial charge is 0.308 e. The van der Waals surface area contributed by atoms with Crippen LogP contribution in [0.15, 0.2) is 12.3 Å². The first-order chi connectivity index (χ1) is 8.70. The molecule has 1 aliphatic heterocycles. The second-order valence-electron chi connectivity index (χ2n) is 4.25. The molecule has 0 aromatic carbocycles. The lowest BCUT2D eigenvalue weighted by Crippen LogP contribution is -2.39. The molecule has 0 spiro atoms. The lowest BCUT2D eigenvalue weighted by Gasteiger charge is -2.30. The highest BCUT2D eigenvalue weighted by atomic mass is 16.5. The molecule has 0 radical (unpaired) electrons. The molecule has 1 N–H and O–H groups in total. The van der Waals surface area contributed by atoms with E-state index in [1.807, 2.05) is 11.8 Å². The third-order valence-electron chi connectivity index (χ3n) is 2.96. The number of anilines is 1. The molecule has 98 valence electrons. The lowest BCUT2D eigenvalue weighted by atomic mass is 9.99. The molecular weight excluding hydrogens is 234 g/mol. The molecule has 6 heteroatoms. The maximum absolute atomic E-state index is 11.0. The molecule has 6 nitrogen and oxygen atoms in total. The Bertz CT molecular complexity index is 425. The van der Waals surface area contributed by atoms with Crippen LogP contribution >= 0.6 is 0 Å². The standard InChI is InChI=1S/C12H17N3O3/c1-2-18-10-5-6-13-12(14-10)15-7-3-4-9(8-15)11(16)17/h5-6,9H,2-4,7-8H2,1H3,(H,16,17)/t9-/m1/s1. The molecule has 0 amide bonds. The minimum atomic E-state index is -0.749. The molecule has 1 atom stereocenters. The van der Waals surface area contributed by atoms with E-state index in [0.717, 1.165) is 19.4 Å². The zero-order valence-corrected chi connectivity index (χ0v) is 10.4. The monoisotopic (exact) mass is 251 g/mol. The average Bonchev–Trinajstić information content (AvgIpc) is 2.39. The van der Waals surface area contributed by atoms with Crippen molar-refractivity contribution in [2.45, 2.75) is 19.8 Å². The van der Waals surface area contributed by atoms with E-state index in [1.165, 1.54) is 0 Å². The van der Waals surface area contributed by atoms with Crippen molar-refractivity contribution >= 4 is 11.9 Å². The van der Waals surface area contributed by atoms with Gasteiger partial charge >= 0.3 is 5.97 Å². The molecule has 0 bridgehead atoms. The average molecular weight is 251 g/mol. The fraction of sp³-hybridized carbons (Fsp3) is 0.583. The molecule has 18 heavy (non-hydrogen) atoms. The van der Waals surface area contributed by atoms with Crippen LogP contribution in [-0.4, -0.2) is 40.7 Å². The van der Waals surface area contributed by atoms with Gasteiger partial charge in [0.1, 0.15) is 0 Å². The Labute approximate surface area is 106 Å². The summed E-state index contributed by atoms with van der Waals surface area (Å²) < 4.78 is 5.32. The zero-order chi connectivity index (χ0) is 13.0. The fourth-order valence-electron chi connectivity index (χ4n) is 2.07. The molecule has 1 saturated heterocycles. The molecular formula is C12H17N3O3. The Morgan fingerprint density at radius 2 is 2.50 bits per heavy atom. The number of aliphatic carboxylic acids is 1. The van der Waals surface area contributed by atoms with Crippen LogP contribution in [-0.2, 0) is 4.79 Å². The highest BCUT2D eigenvalue weighted by molar-refractivity contribution is 5.71. The predicted octanol–water partition coefficient (Wildman–Crippen LogP) is 1.18. The normalized spacial score (nSPS) is 19.6. The van der Waals surface area contributed by atoms with Gasteiger partial charge in [-0.2, -0.15) is 4.98 Å². The topological polar surface area (TPSA) is 75.5 Å². The summed E-state index contributed by atoms with van der Waals surface area (Å²) >= 11 is 0. The Balaban J connectivity index is 2.10. The largest absolute Gasteiger partial charge is 0.481 e. The quantitative estimate of drug-likeness (QED) is 0.866. The number of piperidine rings is 1. The lowest BCUT2D eigenvalue weighted by molar-refractivity contribution is -0.141. The van der Waals surface area contributed by atoms with Crippen molar-refractivity contribution in [1.82, 2.24) is 9.97 Å². The van der Waals surface area contributed by atoms with E-state index in [2.05, 4.69) is 9.97 Å². The van der Waals surface area contributed by atoms with E-state index in [4.69, 9.17) is 9.84 Å². The van der Waals surface area contributed by atoms with Crippen molar-refractivity contribution in [2.75, 3.05) is 24.6 Å². The van der Waals surface area contributed by atoms with Crippen LogP contribution in [0.25, 0.3) is 0 Å². The van der Waals surface area contributed by atoms with Crippen LogP contribution in [0.5, 0.6) is 5.88 Å². The Morgan fingerprint density at radius 1 is 1.67 bits per heavy atom.